The second kappa shape index (κ2) is 4.96. The molecular weight excluding hydrogens is 281 g/mol. The maximum absolute atomic E-state index is 11.8. The van der Waals surface area contributed by atoms with Gasteiger partial charge in [-0.15, -0.1) is 11.3 Å². The van der Waals surface area contributed by atoms with Gasteiger partial charge in [0, 0.05) is 6.07 Å². The molecule has 0 saturated carbocycles. The number of nitrogens with one attached hydrogen (secondary N) is 1. The van der Waals surface area contributed by atoms with Gasteiger partial charge in [-0.3, -0.25) is 4.79 Å². The zero-order valence-electron chi connectivity index (χ0n) is 8.41. The van der Waals surface area contributed by atoms with Gasteiger partial charge in [-0.2, -0.15) is 0 Å². The molecule has 0 unspecified atom stereocenters. The van der Waals surface area contributed by atoms with E-state index in [1.807, 2.05) is 0 Å². The zero-order chi connectivity index (χ0) is 12.4. The van der Waals surface area contributed by atoms with Crippen LogP contribution < -0.4 is 5.32 Å². The first-order valence-corrected chi connectivity index (χ1v) is 6.19. The quantitative estimate of drug-likeness (QED) is 0.820. The van der Waals surface area contributed by atoms with Crippen molar-refractivity contribution in [2.45, 2.75) is 0 Å². The molecule has 1 heterocycles. The van der Waals surface area contributed by atoms with Crippen molar-refractivity contribution in [3.8, 4) is 5.75 Å². The largest absolute Gasteiger partial charge is 0.508 e. The second-order valence-corrected chi connectivity index (χ2v) is 5.34. The van der Waals surface area contributed by atoms with Gasteiger partial charge < -0.3 is 10.4 Å². The smallest absolute Gasteiger partial charge is 0.265 e. The normalized spacial score (nSPS) is 10.2. The lowest BCUT2D eigenvalue weighted by molar-refractivity contribution is 0.103. The summed E-state index contributed by atoms with van der Waals surface area (Å²) in [5.41, 5.74) is 0.444. The highest BCUT2D eigenvalue weighted by Gasteiger charge is 2.10. The van der Waals surface area contributed by atoms with Crippen molar-refractivity contribution in [1.82, 2.24) is 0 Å². The summed E-state index contributed by atoms with van der Waals surface area (Å²) < 4.78 is 0.548. The van der Waals surface area contributed by atoms with Crippen LogP contribution in [-0.2, 0) is 0 Å². The fourth-order valence-electron chi connectivity index (χ4n) is 1.23. The number of thiophene rings is 1. The van der Waals surface area contributed by atoms with E-state index in [4.69, 9.17) is 23.2 Å². The van der Waals surface area contributed by atoms with Gasteiger partial charge in [0.2, 0.25) is 0 Å². The standard InChI is InChI=1S/C11H7Cl2NO2S/c12-7-5-6(15)1-2-8(7)14-11(16)9-3-4-10(13)17-9/h1-5,15H,(H,14,16). The van der Waals surface area contributed by atoms with Crippen LogP contribution in [0, 0.1) is 0 Å². The van der Waals surface area contributed by atoms with Crippen LogP contribution in [0.1, 0.15) is 9.67 Å². The molecular formula is C11H7Cl2NO2S. The number of benzene rings is 1. The maximum atomic E-state index is 11.8. The van der Waals surface area contributed by atoms with E-state index >= 15 is 0 Å². The molecule has 1 amide bonds. The molecule has 0 aliphatic rings. The summed E-state index contributed by atoms with van der Waals surface area (Å²) in [5.74, 6) is -0.235. The number of halogens is 2. The van der Waals surface area contributed by atoms with Crippen LogP contribution in [-0.4, -0.2) is 11.0 Å². The fraction of sp³-hybridized carbons (Fsp3) is 0. The monoisotopic (exact) mass is 287 g/mol. The second-order valence-electron chi connectivity index (χ2n) is 3.22. The van der Waals surface area contributed by atoms with Crippen molar-refractivity contribution < 1.29 is 9.90 Å². The summed E-state index contributed by atoms with van der Waals surface area (Å²) in [7, 11) is 0. The average Bonchev–Trinajstić information content (AvgIpc) is 2.69. The third-order valence-corrected chi connectivity index (χ3v) is 3.54. The van der Waals surface area contributed by atoms with Crippen LogP contribution in [0.15, 0.2) is 30.3 Å². The van der Waals surface area contributed by atoms with Gasteiger partial charge in [0.05, 0.1) is 19.9 Å². The zero-order valence-corrected chi connectivity index (χ0v) is 10.7. The minimum Gasteiger partial charge on any atom is -0.508 e. The molecule has 0 radical (unpaired) electrons. The molecule has 0 aliphatic carbocycles. The lowest BCUT2D eigenvalue weighted by atomic mass is 10.3. The first kappa shape index (κ1) is 12.2. The lowest BCUT2D eigenvalue weighted by Gasteiger charge is -2.05. The molecule has 1 aromatic carbocycles. The summed E-state index contributed by atoms with van der Waals surface area (Å²) in [4.78, 5) is 12.3. The van der Waals surface area contributed by atoms with E-state index in [0.717, 1.165) is 0 Å². The summed E-state index contributed by atoms with van der Waals surface area (Å²) in [6.45, 7) is 0. The minimum absolute atomic E-state index is 0.0483. The highest BCUT2D eigenvalue weighted by molar-refractivity contribution is 7.18. The Balaban J connectivity index is 2.18. The number of carbonyl (C=O) groups is 1. The summed E-state index contributed by atoms with van der Waals surface area (Å²) in [6, 6.07) is 7.63. The Labute approximate surface area is 112 Å². The molecule has 2 rings (SSSR count). The summed E-state index contributed by atoms with van der Waals surface area (Å²) in [6.07, 6.45) is 0. The van der Waals surface area contributed by atoms with E-state index < -0.39 is 0 Å². The summed E-state index contributed by atoms with van der Waals surface area (Å²) >= 11 is 12.8. The van der Waals surface area contributed by atoms with Gasteiger partial charge in [-0.25, -0.2) is 0 Å². The van der Waals surface area contributed by atoms with Crippen LogP contribution in [0.2, 0.25) is 9.36 Å². The van der Waals surface area contributed by atoms with E-state index in [9.17, 15) is 9.90 Å². The number of rotatable bonds is 2. The van der Waals surface area contributed by atoms with Crippen LogP contribution in [0.4, 0.5) is 5.69 Å². The van der Waals surface area contributed by atoms with Crippen LogP contribution in [0.25, 0.3) is 0 Å². The number of aromatic hydroxyl groups is 1. The molecule has 0 fully saturated rings. The Morgan fingerprint density at radius 2 is 2.00 bits per heavy atom. The number of anilines is 1. The van der Waals surface area contributed by atoms with E-state index in [-0.39, 0.29) is 16.7 Å². The maximum Gasteiger partial charge on any atom is 0.265 e. The van der Waals surface area contributed by atoms with E-state index in [0.29, 0.717) is 14.9 Å². The van der Waals surface area contributed by atoms with Crippen LogP contribution in [0.5, 0.6) is 5.75 Å². The molecule has 0 atom stereocenters. The lowest BCUT2D eigenvalue weighted by Crippen LogP contribution is -2.10. The molecule has 0 bridgehead atoms. The Kier molecular flexibility index (Phi) is 3.57. The predicted molar refractivity (Wildman–Crippen MR) is 70.4 cm³/mol. The van der Waals surface area contributed by atoms with Crippen molar-refractivity contribution in [1.29, 1.82) is 0 Å². The van der Waals surface area contributed by atoms with E-state index in [1.54, 1.807) is 12.1 Å². The van der Waals surface area contributed by atoms with E-state index in [2.05, 4.69) is 5.32 Å². The molecule has 0 saturated heterocycles. The predicted octanol–water partition coefficient (Wildman–Crippen LogP) is 4.01. The SMILES string of the molecule is O=C(Nc1ccc(O)cc1Cl)c1ccc(Cl)s1. The molecule has 3 nitrogen and oxygen atoms in total. The molecule has 2 aromatic rings. The molecule has 0 aliphatic heterocycles. The number of phenols is 1. The minimum atomic E-state index is -0.283. The first-order valence-electron chi connectivity index (χ1n) is 4.61. The summed E-state index contributed by atoms with van der Waals surface area (Å²) in [5, 5.41) is 12.1. The Morgan fingerprint density at radius 1 is 1.24 bits per heavy atom. The molecule has 1 aromatic heterocycles. The van der Waals surface area contributed by atoms with Crippen molar-refractivity contribution in [3.63, 3.8) is 0 Å². The van der Waals surface area contributed by atoms with Crippen molar-refractivity contribution >= 4 is 46.1 Å². The van der Waals surface area contributed by atoms with Gasteiger partial charge in [0.15, 0.2) is 0 Å². The van der Waals surface area contributed by atoms with Gasteiger partial charge in [-0.1, -0.05) is 23.2 Å². The van der Waals surface area contributed by atoms with Crippen molar-refractivity contribution in [2.75, 3.05) is 5.32 Å². The average molecular weight is 288 g/mol. The number of hydrogen-bond donors (Lipinski definition) is 2. The first-order chi connectivity index (χ1) is 8.06. The number of amides is 1. The van der Waals surface area contributed by atoms with Crippen molar-refractivity contribution in [3.05, 3.63) is 44.6 Å². The highest BCUT2D eigenvalue weighted by Crippen LogP contribution is 2.27. The van der Waals surface area contributed by atoms with Gasteiger partial charge >= 0.3 is 0 Å². The van der Waals surface area contributed by atoms with Gasteiger partial charge in [0.1, 0.15) is 5.75 Å². The number of phenolic OH excluding ortho intramolecular Hbond substituents is 1. The van der Waals surface area contributed by atoms with Crippen LogP contribution >= 0.6 is 34.5 Å². The highest BCUT2D eigenvalue weighted by atomic mass is 35.5. The number of carbonyl (C=O) groups excluding carboxylic acids is 1. The fourth-order valence-corrected chi connectivity index (χ4v) is 2.39. The Bertz CT molecular complexity index is 568. The van der Waals surface area contributed by atoms with Gasteiger partial charge in [-0.05, 0) is 24.3 Å². The Hall–Kier alpha value is -1.23. The Morgan fingerprint density at radius 3 is 2.59 bits per heavy atom. The van der Waals surface area contributed by atoms with Crippen LogP contribution in [0.3, 0.4) is 0 Å². The van der Waals surface area contributed by atoms with Gasteiger partial charge in [0.25, 0.3) is 5.91 Å². The molecule has 6 heteroatoms. The third kappa shape index (κ3) is 2.91. The molecule has 0 spiro atoms. The van der Waals surface area contributed by atoms with E-state index in [1.165, 1.54) is 29.5 Å². The third-order valence-electron chi connectivity index (χ3n) is 2.00. The van der Waals surface area contributed by atoms with Crippen molar-refractivity contribution in [2.24, 2.45) is 0 Å². The molecule has 88 valence electrons. The number of hydrogen-bond acceptors (Lipinski definition) is 3. The molecule has 2 N–H and O–H groups in total. The topological polar surface area (TPSA) is 49.3 Å². The molecule has 17 heavy (non-hydrogen) atoms.